The molecular weight excluding hydrogens is 462 g/mol. The summed E-state index contributed by atoms with van der Waals surface area (Å²) in [7, 11) is -1.96. The number of carbonyl (C=O) groups is 1. The molecule has 0 radical (unpaired) electrons. The van der Waals surface area contributed by atoms with Crippen LogP contribution in [0.2, 0.25) is 0 Å². The van der Waals surface area contributed by atoms with Crippen LogP contribution in [-0.4, -0.2) is 40.6 Å². The maximum Gasteiger partial charge on any atom is 0.264 e. The Morgan fingerprint density at radius 1 is 0.857 bits per heavy atom. The van der Waals surface area contributed by atoms with E-state index in [0.29, 0.717) is 33.5 Å². The number of fused-ring (bicyclic) bond motifs is 1. The molecule has 1 amide bonds. The van der Waals surface area contributed by atoms with Crippen LogP contribution < -0.4 is 4.90 Å². The van der Waals surface area contributed by atoms with E-state index in [1.54, 1.807) is 66.5 Å². The number of hydrogen-bond acceptors (Lipinski definition) is 6. The molecule has 0 bridgehead atoms. The predicted octanol–water partition coefficient (Wildman–Crippen LogP) is 4.41. The largest absolute Gasteiger partial charge is 0.268 e. The van der Waals surface area contributed by atoms with Crippen LogP contribution >= 0.6 is 0 Å². The number of amides is 1. The van der Waals surface area contributed by atoms with Crippen LogP contribution in [0.4, 0.5) is 11.5 Å². The zero-order valence-electron chi connectivity index (χ0n) is 19.0. The van der Waals surface area contributed by atoms with Crippen molar-refractivity contribution in [2.24, 2.45) is 7.05 Å². The smallest absolute Gasteiger partial charge is 0.264 e. The maximum atomic E-state index is 13.6. The normalized spacial score (nSPS) is 11.5. The summed E-state index contributed by atoms with van der Waals surface area (Å²) in [5.74, 6) is 0.254. The Morgan fingerprint density at radius 2 is 1.54 bits per heavy atom. The first-order valence-electron chi connectivity index (χ1n) is 10.8. The predicted molar refractivity (Wildman–Crippen MR) is 134 cm³/mol. The average Bonchev–Trinajstić information content (AvgIpc) is 3.29. The van der Waals surface area contributed by atoms with Gasteiger partial charge in [-0.2, -0.15) is 5.10 Å². The van der Waals surface area contributed by atoms with E-state index < -0.39 is 9.84 Å². The quantitative estimate of drug-likeness (QED) is 0.367. The van der Waals surface area contributed by atoms with E-state index in [9.17, 15) is 13.2 Å². The molecular formula is C26H21N5O3S. The summed E-state index contributed by atoms with van der Waals surface area (Å²) < 4.78 is 26.8. The highest BCUT2D eigenvalue weighted by atomic mass is 32.2. The van der Waals surface area contributed by atoms with E-state index in [1.165, 1.54) is 4.90 Å². The lowest BCUT2D eigenvalue weighted by molar-refractivity contribution is 0.0998. The van der Waals surface area contributed by atoms with Crippen LogP contribution in [0.25, 0.3) is 22.0 Å². The van der Waals surface area contributed by atoms with Crippen molar-refractivity contribution in [3.8, 4) is 11.3 Å². The van der Waals surface area contributed by atoms with Gasteiger partial charge in [0, 0.05) is 41.3 Å². The zero-order valence-corrected chi connectivity index (χ0v) is 19.8. The summed E-state index contributed by atoms with van der Waals surface area (Å²) in [5.41, 5.74) is 2.32. The number of benzene rings is 3. The van der Waals surface area contributed by atoms with E-state index in [1.807, 2.05) is 36.4 Å². The first-order chi connectivity index (χ1) is 16.8. The second-order valence-corrected chi connectivity index (χ2v) is 9.97. The molecule has 3 aromatic carbocycles. The number of aromatic nitrogens is 4. The second-order valence-electron chi connectivity index (χ2n) is 8.04. The standard InChI is InChI=1S/C26H21N5O3S/c1-30-23(15-16-27-30)31(26(32)19-11-7-4-8-12-19)20-13-14-21-22(17-20)25(35(2,33)34)29-28-24(21)18-9-5-3-6-10-18/h3-17H,1-2H3. The van der Waals surface area contributed by atoms with E-state index in [0.717, 1.165) is 11.8 Å². The Morgan fingerprint density at radius 3 is 2.17 bits per heavy atom. The number of hydrogen-bond donors (Lipinski definition) is 0. The second kappa shape index (κ2) is 8.77. The van der Waals surface area contributed by atoms with E-state index in [4.69, 9.17) is 0 Å². The minimum absolute atomic E-state index is 0.147. The van der Waals surface area contributed by atoms with Crippen LogP contribution in [0.15, 0.2) is 96.2 Å². The van der Waals surface area contributed by atoms with Crippen molar-refractivity contribution in [2.45, 2.75) is 5.03 Å². The summed E-state index contributed by atoms with van der Waals surface area (Å²) in [6.07, 6.45) is 2.70. The number of rotatable bonds is 5. The van der Waals surface area contributed by atoms with Crippen molar-refractivity contribution in [1.29, 1.82) is 0 Å². The third-order valence-electron chi connectivity index (χ3n) is 5.63. The Bertz CT molecular complexity index is 1650. The molecule has 5 rings (SSSR count). The Balaban J connectivity index is 1.77. The summed E-state index contributed by atoms with van der Waals surface area (Å²) in [4.78, 5) is 15.2. The third-order valence-corrected chi connectivity index (χ3v) is 6.64. The summed E-state index contributed by atoms with van der Waals surface area (Å²) in [6, 6.07) is 25.2. The van der Waals surface area contributed by atoms with Gasteiger partial charge in [-0.1, -0.05) is 48.5 Å². The van der Waals surface area contributed by atoms with Crippen LogP contribution in [-0.2, 0) is 16.9 Å². The van der Waals surface area contributed by atoms with Crippen molar-refractivity contribution in [3.05, 3.63) is 96.7 Å². The number of aryl methyl sites for hydroxylation is 1. The molecule has 2 aromatic heterocycles. The van der Waals surface area contributed by atoms with Gasteiger partial charge in [0.05, 0.1) is 11.9 Å². The zero-order chi connectivity index (χ0) is 24.6. The van der Waals surface area contributed by atoms with Crippen molar-refractivity contribution in [2.75, 3.05) is 11.2 Å². The molecule has 5 aromatic rings. The fourth-order valence-electron chi connectivity index (χ4n) is 3.99. The van der Waals surface area contributed by atoms with E-state index in [-0.39, 0.29) is 10.9 Å². The summed E-state index contributed by atoms with van der Waals surface area (Å²) >= 11 is 0. The highest BCUT2D eigenvalue weighted by Gasteiger charge is 2.25. The maximum absolute atomic E-state index is 13.6. The molecule has 0 aliphatic heterocycles. The molecule has 0 unspecified atom stereocenters. The Labute approximate surface area is 202 Å². The molecule has 0 N–H and O–H groups in total. The molecule has 0 aliphatic rings. The van der Waals surface area contributed by atoms with Crippen molar-refractivity contribution < 1.29 is 13.2 Å². The SMILES string of the molecule is Cn1nccc1N(C(=O)c1ccccc1)c1ccc2c(-c3ccccc3)nnc(S(C)(=O)=O)c2c1. The molecule has 0 aliphatic carbocycles. The third kappa shape index (κ3) is 4.17. The number of anilines is 2. The first-order valence-corrected chi connectivity index (χ1v) is 12.7. The number of carbonyl (C=O) groups excluding carboxylic acids is 1. The lowest BCUT2D eigenvalue weighted by atomic mass is 10.0. The van der Waals surface area contributed by atoms with Gasteiger partial charge in [0.25, 0.3) is 5.91 Å². The summed E-state index contributed by atoms with van der Waals surface area (Å²) in [5, 5.41) is 13.4. The average molecular weight is 484 g/mol. The van der Waals surface area contributed by atoms with Crippen molar-refractivity contribution in [3.63, 3.8) is 0 Å². The van der Waals surface area contributed by atoms with Gasteiger partial charge in [0.1, 0.15) is 11.5 Å². The first kappa shape index (κ1) is 22.4. The molecule has 0 spiro atoms. The fourth-order valence-corrected chi connectivity index (χ4v) is 4.75. The van der Waals surface area contributed by atoms with E-state index in [2.05, 4.69) is 15.3 Å². The van der Waals surface area contributed by atoms with Crippen molar-refractivity contribution >= 4 is 38.0 Å². The molecule has 0 fully saturated rings. The van der Waals surface area contributed by atoms with Gasteiger partial charge in [-0.25, -0.2) is 8.42 Å². The van der Waals surface area contributed by atoms with E-state index >= 15 is 0 Å². The van der Waals surface area contributed by atoms with Gasteiger partial charge in [-0.3, -0.25) is 14.4 Å². The van der Waals surface area contributed by atoms with Gasteiger partial charge in [0.2, 0.25) is 0 Å². The fraction of sp³-hybridized carbons (Fsp3) is 0.0769. The minimum atomic E-state index is -3.70. The molecule has 35 heavy (non-hydrogen) atoms. The summed E-state index contributed by atoms with van der Waals surface area (Å²) in [6.45, 7) is 0. The van der Waals surface area contributed by atoms with Gasteiger partial charge in [-0.05, 0) is 30.3 Å². The molecule has 8 nitrogen and oxygen atoms in total. The van der Waals surface area contributed by atoms with Crippen LogP contribution in [0, 0.1) is 0 Å². The molecule has 0 saturated carbocycles. The highest BCUT2D eigenvalue weighted by molar-refractivity contribution is 7.90. The molecule has 9 heteroatoms. The van der Waals surface area contributed by atoms with Crippen LogP contribution in [0.3, 0.4) is 0 Å². The van der Waals surface area contributed by atoms with Crippen molar-refractivity contribution in [1.82, 2.24) is 20.0 Å². The molecule has 2 heterocycles. The molecule has 0 atom stereocenters. The van der Waals surface area contributed by atoms with Gasteiger partial charge in [-0.15, -0.1) is 10.2 Å². The van der Waals surface area contributed by atoms with Gasteiger partial charge in [0.15, 0.2) is 14.9 Å². The minimum Gasteiger partial charge on any atom is -0.268 e. The number of sulfone groups is 1. The van der Waals surface area contributed by atoms with Gasteiger partial charge >= 0.3 is 0 Å². The Hall–Kier alpha value is -4.37. The lowest BCUT2D eigenvalue weighted by Gasteiger charge is -2.23. The lowest BCUT2D eigenvalue weighted by Crippen LogP contribution is -2.28. The molecule has 174 valence electrons. The van der Waals surface area contributed by atoms with Gasteiger partial charge < -0.3 is 0 Å². The number of nitrogens with zero attached hydrogens (tertiary/aromatic N) is 5. The van der Waals surface area contributed by atoms with Crippen LogP contribution in [0.1, 0.15) is 10.4 Å². The Kier molecular flexibility index (Phi) is 5.62. The monoisotopic (exact) mass is 483 g/mol. The molecule has 0 saturated heterocycles. The van der Waals surface area contributed by atoms with Crippen LogP contribution in [0.5, 0.6) is 0 Å². The highest BCUT2D eigenvalue weighted by Crippen LogP contribution is 2.35. The topological polar surface area (TPSA) is 98.1 Å².